The predicted octanol–water partition coefficient (Wildman–Crippen LogP) is -1.57. The Kier molecular flexibility index (Phi) is 19.6. The lowest BCUT2D eigenvalue weighted by molar-refractivity contribution is -0.191. The van der Waals surface area contributed by atoms with E-state index in [1.165, 1.54) is 55.4 Å². The lowest BCUT2D eigenvalue weighted by Crippen LogP contribution is -2.40. The maximum Gasteiger partial charge on any atom is 0.347 e. The zero-order valence-electron chi connectivity index (χ0n) is 31.5. The molecule has 0 saturated carbocycles. The Balaban J connectivity index is 0.000000337. The van der Waals surface area contributed by atoms with E-state index < -0.39 is 109 Å². The van der Waals surface area contributed by atoms with Crippen molar-refractivity contribution >= 4 is 71.4 Å². The second-order valence-electron chi connectivity index (χ2n) is 11.7. The number of hydrogen-bond acceptors (Lipinski definition) is 23. The standard InChI is InChI=1S/3C6H8O4.2C5H6O4.C5H6O3/c3*1-3-5(7)10-4(2)6(8)9-3;2*1-3-5(7)8-2-4(6)9-3;6-4-1-2-5(7)8-3-4/h3*3-4H,1-2H3;2*3H,2H2,1H3;1-3H2/t3-,4+;2*3-,4-;2*3-;/m.1010./s1. The summed E-state index contributed by atoms with van der Waals surface area (Å²) in [4.78, 5) is 126. The van der Waals surface area contributed by atoms with E-state index in [9.17, 15) is 57.5 Å². The Morgan fingerprint density at radius 2 is 0.536 bits per heavy atom. The topological polar surface area (TPSA) is 306 Å². The normalized spacial score (nSPS) is 29.3. The van der Waals surface area contributed by atoms with Crippen LogP contribution in [0.1, 0.15) is 68.2 Å². The Labute approximate surface area is 318 Å². The number of ether oxygens (including phenoxy) is 11. The maximum absolute atomic E-state index is 10.7. The van der Waals surface area contributed by atoms with Gasteiger partial charge in [-0.2, -0.15) is 0 Å². The fourth-order valence-electron chi connectivity index (χ4n) is 3.51. The first-order valence-corrected chi connectivity index (χ1v) is 16.6. The Hall–Kier alpha value is -6.16. The first-order valence-electron chi connectivity index (χ1n) is 16.6. The lowest BCUT2D eigenvalue weighted by Gasteiger charge is -2.22. The second-order valence-corrected chi connectivity index (χ2v) is 11.7. The number of hydrogen-bond donors (Lipinski definition) is 0. The number of Topliss-reactive ketones (excluding diaryl/α,β-unsaturated/α-hetero) is 1. The second kappa shape index (κ2) is 22.9. The maximum atomic E-state index is 10.7. The molecular formula is C33H42O23. The molecule has 23 heteroatoms. The van der Waals surface area contributed by atoms with Crippen LogP contribution in [0.3, 0.4) is 0 Å². The Morgan fingerprint density at radius 1 is 0.286 bits per heavy atom. The zero-order valence-corrected chi connectivity index (χ0v) is 31.5. The molecule has 8 atom stereocenters. The summed E-state index contributed by atoms with van der Waals surface area (Å²) in [6.07, 6.45) is -5.32. The van der Waals surface area contributed by atoms with Crippen LogP contribution in [0.4, 0.5) is 0 Å². The third-order valence-electron chi connectivity index (χ3n) is 6.70. The monoisotopic (exact) mass is 806 g/mol. The van der Waals surface area contributed by atoms with E-state index in [4.69, 9.17) is 0 Å². The van der Waals surface area contributed by atoms with Crippen molar-refractivity contribution < 1.29 is 110 Å². The van der Waals surface area contributed by atoms with Gasteiger partial charge in [-0.05, 0) is 55.4 Å². The van der Waals surface area contributed by atoms with Gasteiger partial charge >= 0.3 is 65.7 Å². The van der Waals surface area contributed by atoms with Gasteiger partial charge in [-0.25, -0.2) is 47.9 Å². The van der Waals surface area contributed by atoms with Gasteiger partial charge in [-0.3, -0.25) is 9.59 Å². The van der Waals surface area contributed by atoms with E-state index in [0.717, 1.165) is 0 Å². The summed E-state index contributed by atoms with van der Waals surface area (Å²) in [6.45, 7) is 11.3. The highest BCUT2D eigenvalue weighted by Gasteiger charge is 2.34. The number of esters is 11. The van der Waals surface area contributed by atoms with E-state index in [1.54, 1.807) is 0 Å². The minimum absolute atomic E-state index is 0.0150. The molecule has 6 fully saturated rings. The van der Waals surface area contributed by atoms with Crippen molar-refractivity contribution in [2.75, 3.05) is 19.8 Å². The van der Waals surface area contributed by atoms with Gasteiger partial charge in [-0.1, -0.05) is 0 Å². The molecule has 0 aliphatic carbocycles. The Morgan fingerprint density at radius 3 is 0.714 bits per heavy atom. The number of rotatable bonds is 0. The molecule has 0 spiro atoms. The summed E-state index contributed by atoms with van der Waals surface area (Å²) in [5.74, 6) is -5.04. The van der Waals surface area contributed by atoms with Crippen molar-refractivity contribution in [3.8, 4) is 0 Å². The van der Waals surface area contributed by atoms with Gasteiger partial charge in [0.2, 0.25) is 0 Å². The average molecular weight is 807 g/mol. The molecule has 0 N–H and O–H groups in total. The van der Waals surface area contributed by atoms with Crippen molar-refractivity contribution in [3.05, 3.63) is 0 Å². The summed E-state index contributed by atoms with van der Waals surface area (Å²) in [5, 5.41) is 0. The minimum atomic E-state index is -0.747. The average Bonchev–Trinajstić information content (AvgIpc) is 3.12. The van der Waals surface area contributed by atoms with E-state index in [2.05, 4.69) is 52.1 Å². The first kappa shape index (κ1) is 47.9. The van der Waals surface area contributed by atoms with E-state index in [-0.39, 0.29) is 38.0 Å². The summed E-state index contributed by atoms with van der Waals surface area (Å²) in [5.41, 5.74) is 0. The molecule has 6 rings (SSSR count). The van der Waals surface area contributed by atoms with Gasteiger partial charge < -0.3 is 52.1 Å². The van der Waals surface area contributed by atoms with Crippen LogP contribution >= 0.6 is 0 Å². The third kappa shape index (κ3) is 17.3. The zero-order chi connectivity index (χ0) is 42.9. The highest BCUT2D eigenvalue weighted by atomic mass is 16.7. The molecule has 0 amide bonds. The Bertz CT molecular complexity index is 1310. The van der Waals surface area contributed by atoms with Crippen LogP contribution < -0.4 is 0 Å². The summed E-state index contributed by atoms with van der Waals surface area (Å²) < 4.78 is 49.7. The molecule has 0 aromatic heterocycles. The molecule has 0 aromatic carbocycles. The third-order valence-corrected chi connectivity index (χ3v) is 6.70. The quantitative estimate of drug-likeness (QED) is 0.197. The van der Waals surface area contributed by atoms with Gasteiger partial charge in [0.1, 0.15) is 6.61 Å². The SMILES string of the molecule is C[C@@H]1OC(=O)COC1=O.C[C@@H]1OC(=O)[C@@H](C)OC1=O.C[C@@H]1OC(=O)[C@H](C)OC1=O.C[C@H]1OC(=O)COC1=O.C[C@H]1OC(=O)[C@@H](C)OC1=O.O=C1CCC(=O)OC1. The molecule has 0 bridgehead atoms. The molecular weight excluding hydrogens is 764 g/mol. The van der Waals surface area contributed by atoms with Gasteiger partial charge in [0.15, 0.2) is 67.8 Å². The smallest absolute Gasteiger partial charge is 0.347 e. The highest BCUT2D eigenvalue weighted by molar-refractivity contribution is 5.89. The molecule has 6 saturated heterocycles. The van der Waals surface area contributed by atoms with Gasteiger partial charge in [0.25, 0.3) is 0 Å². The fraction of sp³-hybridized carbons (Fsp3) is 0.636. The molecule has 6 heterocycles. The van der Waals surface area contributed by atoms with Crippen LogP contribution in [-0.2, 0) is 110 Å². The molecule has 23 nitrogen and oxygen atoms in total. The number of carbonyl (C=O) groups is 12. The molecule has 0 radical (unpaired) electrons. The molecule has 312 valence electrons. The van der Waals surface area contributed by atoms with E-state index in [0.29, 0.717) is 6.42 Å². The summed E-state index contributed by atoms with van der Waals surface area (Å²) >= 11 is 0. The van der Waals surface area contributed by atoms with Crippen molar-refractivity contribution in [1.82, 2.24) is 0 Å². The van der Waals surface area contributed by atoms with E-state index in [1.807, 2.05) is 0 Å². The van der Waals surface area contributed by atoms with Crippen LogP contribution in [0.2, 0.25) is 0 Å². The van der Waals surface area contributed by atoms with Gasteiger partial charge in [0, 0.05) is 6.42 Å². The van der Waals surface area contributed by atoms with Crippen molar-refractivity contribution in [1.29, 1.82) is 0 Å². The van der Waals surface area contributed by atoms with Crippen LogP contribution in [0, 0.1) is 0 Å². The minimum Gasteiger partial charge on any atom is -0.458 e. The first-order chi connectivity index (χ1) is 26.0. The lowest BCUT2D eigenvalue weighted by atomic mass is 10.2. The van der Waals surface area contributed by atoms with Crippen LogP contribution in [0.25, 0.3) is 0 Å². The fourth-order valence-corrected chi connectivity index (χ4v) is 3.51. The number of ketones is 1. The number of carbonyl (C=O) groups excluding carboxylic acids is 12. The number of cyclic esters (lactones) is 11. The van der Waals surface area contributed by atoms with Crippen LogP contribution in [0.15, 0.2) is 0 Å². The predicted molar refractivity (Wildman–Crippen MR) is 172 cm³/mol. The van der Waals surface area contributed by atoms with Gasteiger partial charge in [0.05, 0.1) is 6.42 Å². The largest absolute Gasteiger partial charge is 0.458 e. The van der Waals surface area contributed by atoms with Crippen molar-refractivity contribution in [2.45, 2.75) is 117 Å². The molecule has 0 unspecified atom stereocenters. The molecule has 56 heavy (non-hydrogen) atoms. The van der Waals surface area contributed by atoms with Crippen molar-refractivity contribution in [2.24, 2.45) is 0 Å². The molecule has 0 aromatic rings. The molecule has 6 aliphatic heterocycles. The van der Waals surface area contributed by atoms with Gasteiger partial charge in [-0.15, -0.1) is 0 Å². The van der Waals surface area contributed by atoms with Crippen LogP contribution in [0.5, 0.6) is 0 Å². The highest BCUT2D eigenvalue weighted by Crippen LogP contribution is 2.10. The molecule has 6 aliphatic rings. The summed E-state index contributed by atoms with van der Waals surface area (Å²) in [7, 11) is 0. The van der Waals surface area contributed by atoms with Crippen LogP contribution in [-0.4, -0.2) is 140 Å². The van der Waals surface area contributed by atoms with E-state index >= 15 is 0 Å². The summed E-state index contributed by atoms with van der Waals surface area (Å²) in [6, 6.07) is 0. The van der Waals surface area contributed by atoms with Crippen molar-refractivity contribution in [3.63, 3.8) is 0 Å².